The van der Waals surface area contributed by atoms with E-state index in [4.69, 9.17) is 5.26 Å². The minimum absolute atomic E-state index is 0.0428. The van der Waals surface area contributed by atoms with E-state index in [0.29, 0.717) is 11.8 Å². The highest BCUT2D eigenvalue weighted by Crippen LogP contribution is 2.48. The van der Waals surface area contributed by atoms with Gasteiger partial charge in [0.05, 0.1) is 0 Å². The molecule has 0 aromatic heterocycles. The van der Waals surface area contributed by atoms with E-state index in [1.807, 2.05) is 0 Å². The van der Waals surface area contributed by atoms with Crippen molar-refractivity contribution in [1.82, 2.24) is 0 Å². The van der Waals surface area contributed by atoms with Crippen LogP contribution in [0.3, 0.4) is 0 Å². The Morgan fingerprint density at radius 2 is 2.30 bits per heavy atom. The van der Waals surface area contributed by atoms with E-state index in [-0.39, 0.29) is 6.10 Å². The Kier molecular flexibility index (Phi) is 1.32. The van der Waals surface area contributed by atoms with Gasteiger partial charge < -0.3 is 0 Å². The Bertz CT molecular complexity index is 165. The van der Waals surface area contributed by atoms with E-state index in [0.717, 1.165) is 5.57 Å². The first-order chi connectivity index (χ1) is 4.83. The highest BCUT2D eigenvalue weighted by Gasteiger charge is 2.43. The van der Waals surface area contributed by atoms with Crippen LogP contribution in [-0.4, -0.2) is 11.4 Å². The summed E-state index contributed by atoms with van der Waals surface area (Å²) in [6.07, 6.45) is 3.60. The number of rotatable bonds is 1. The van der Waals surface area contributed by atoms with Crippen LogP contribution in [0.2, 0.25) is 0 Å². The second-order valence-electron chi connectivity index (χ2n) is 3.37. The van der Waals surface area contributed by atoms with Gasteiger partial charge in [-0.3, -0.25) is 5.26 Å². The van der Waals surface area contributed by atoms with E-state index in [1.54, 1.807) is 0 Å². The summed E-state index contributed by atoms with van der Waals surface area (Å²) >= 11 is 0. The number of hydrogen-bond donors (Lipinski definition) is 1. The van der Waals surface area contributed by atoms with Crippen molar-refractivity contribution in [2.45, 2.75) is 25.4 Å². The third kappa shape index (κ3) is 0.662. The van der Waals surface area contributed by atoms with Crippen molar-refractivity contribution >= 4 is 0 Å². The molecule has 0 heterocycles. The number of hydrogen-bond acceptors (Lipinski definition) is 2. The summed E-state index contributed by atoms with van der Waals surface area (Å²) in [5.41, 5.74) is 1.11. The molecule has 2 aliphatic rings. The van der Waals surface area contributed by atoms with Crippen molar-refractivity contribution in [2.75, 3.05) is 0 Å². The Labute approximate surface area is 60.4 Å². The van der Waals surface area contributed by atoms with E-state index in [1.165, 1.54) is 19.3 Å². The number of fused-ring (bicyclic) bond motifs is 2. The average Bonchev–Trinajstić information content (AvgIpc) is 2.46. The third-order valence-electron chi connectivity index (χ3n) is 2.90. The minimum Gasteiger partial charge on any atom is -0.251 e. The molecule has 2 nitrogen and oxygen atoms in total. The van der Waals surface area contributed by atoms with Crippen LogP contribution in [0, 0.1) is 11.8 Å². The maximum absolute atomic E-state index is 8.50. The zero-order valence-corrected chi connectivity index (χ0v) is 5.92. The van der Waals surface area contributed by atoms with Gasteiger partial charge in [0.2, 0.25) is 0 Å². The molecular weight excluding hydrogens is 128 g/mol. The summed E-state index contributed by atoms with van der Waals surface area (Å²) in [7, 11) is 0. The van der Waals surface area contributed by atoms with Crippen molar-refractivity contribution in [3.63, 3.8) is 0 Å². The topological polar surface area (TPSA) is 29.5 Å². The van der Waals surface area contributed by atoms with Gasteiger partial charge in [-0.05, 0) is 36.7 Å². The highest BCUT2D eigenvalue weighted by molar-refractivity contribution is 5.19. The molecule has 0 aromatic rings. The van der Waals surface area contributed by atoms with Crippen LogP contribution >= 0.6 is 0 Å². The van der Waals surface area contributed by atoms with Gasteiger partial charge in [-0.15, -0.1) is 0 Å². The summed E-state index contributed by atoms with van der Waals surface area (Å²) < 4.78 is 0. The largest absolute Gasteiger partial charge is 0.251 e. The van der Waals surface area contributed by atoms with Gasteiger partial charge in [0.25, 0.3) is 0 Å². The summed E-state index contributed by atoms with van der Waals surface area (Å²) in [4.78, 5) is 4.36. The summed E-state index contributed by atoms with van der Waals surface area (Å²) in [6.45, 7) is 3.90. The molecule has 2 heteroatoms. The zero-order chi connectivity index (χ0) is 7.14. The Balaban J connectivity index is 2.17. The molecule has 3 atom stereocenters. The Morgan fingerprint density at radius 3 is 2.70 bits per heavy atom. The summed E-state index contributed by atoms with van der Waals surface area (Å²) in [5.74, 6) is 1.20. The molecule has 0 saturated heterocycles. The first-order valence-corrected chi connectivity index (χ1v) is 3.82. The molecule has 56 valence electrons. The molecule has 0 unspecified atom stereocenters. The van der Waals surface area contributed by atoms with Crippen LogP contribution in [0.25, 0.3) is 0 Å². The smallest absolute Gasteiger partial charge is 0.117 e. The molecule has 0 radical (unpaired) electrons. The predicted molar refractivity (Wildman–Crippen MR) is 37.5 cm³/mol. The second-order valence-corrected chi connectivity index (χ2v) is 3.37. The van der Waals surface area contributed by atoms with E-state index in [2.05, 4.69) is 11.5 Å². The summed E-state index contributed by atoms with van der Waals surface area (Å²) in [5, 5.41) is 8.50. The van der Waals surface area contributed by atoms with Crippen LogP contribution in [0.1, 0.15) is 19.3 Å². The van der Waals surface area contributed by atoms with Gasteiger partial charge >= 0.3 is 0 Å². The maximum Gasteiger partial charge on any atom is 0.117 e. The van der Waals surface area contributed by atoms with Gasteiger partial charge in [-0.1, -0.05) is 6.58 Å². The van der Waals surface area contributed by atoms with Gasteiger partial charge in [0, 0.05) is 0 Å². The molecule has 2 aliphatic carbocycles. The van der Waals surface area contributed by atoms with Gasteiger partial charge in [-0.25, -0.2) is 4.89 Å². The van der Waals surface area contributed by atoms with Crippen molar-refractivity contribution in [3.05, 3.63) is 12.2 Å². The second kappa shape index (κ2) is 2.07. The van der Waals surface area contributed by atoms with Crippen molar-refractivity contribution in [1.29, 1.82) is 0 Å². The molecule has 0 aromatic carbocycles. The molecule has 2 bridgehead atoms. The lowest BCUT2D eigenvalue weighted by molar-refractivity contribution is -0.277. The van der Waals surface area contributed by atoms with Crippen molar-refractivity contribution in [3.8, 4) is 0 Å². The van der Waals surface area contributed by atoms with E-state index < -0.39 is 0 Å². The molecule has 10 heavy (non-hydrogen) atoms. The molecule has 2 rings (SSSR count). The zero-order valence-electron chi connectivity index (χ0n) is 5.92. The average molecular weight is 140 g/mol. The van der Waals surface area contributed by atoms with Crippen molar-refractivity contribution < 1.29 is 10.1 Å². The third-order valence-corrected chi connectivity index (χ3v) is 2.90. The van der Waals surface area contributed by atoms with Crippen LogP contribution in [0.4, 0.5) is 0 Å². The molecule has 2 saturated carbocycles. The molecule has 2 fully saturated rings. The standard InChI is InChI=1S/C8H12O2/c1-5-6-2-3-7(4-6)8(5)10-9/h6-9H,1-4H2/t6-,7+,8+/m1/s1. The van der Waals surface area contributed by atoms with Crippen LogP contribution < -0.4 is 0 Å². The van der Waals surface area contributed by atoms with Crippen LogP contribution in [-0.2, 0) is 4.89 Å². The molecular formula is C8H12O2. The molecule has 0 aliphatic heterocycles. The Morgan fingerprint density at radius 1 is 1.50 bits per heavy atom. The SMILES string of the molecule is C=C1[C@@H]2CC[C@@H](C2)[C@H]1OO. The van der Waals surface area contributed by atoms with Gasteiger partial charge in [-0.2, -0.15) is 0 Å². The fourth-order valence-corrected chi connectivity index (χ4v) is 2.32. The lowest BCUT2D eigenvalue weighted by Gasteiger charge is -2.20. The van der Waals surface area contributed by atoms with E-state index >= 15 is 0 Å². The fourth-order valence-electron chi connectivity index (χ4n) is 2.32. The minimum atomic E-state index is -0.0428. The quantitative estimate of drug-likeness (QED) is 0.342. The Hall–Kier alpha value is -0.340. The predicted octanol–water partition coefficient (Wildman–Crippen LogP) is 1.83. The first kappa shape index (κ1) is 6.38. The summed E-state index contributed by atoms with van der Waals surface area (Å²) in [6, 6.07) is 0. The monoisotopic (exact) mass is 140 g/mol. The van der Waals surface area contributed by atoms with Crippen molar-refractivity contribution in [2.24, 2.45) is 11.8 Å². The van der Waals surface area contributed by atoms with Crippen LogP contribution in [0.15, 0.2) is 12.2 Å². The normalized spacial score (nSPS) is 44.9. The van der Waals surface area contributed by atoms with Gasteiger partial charge in [0.1, 0.15) is 6.10 Å². The molecule has 1 N–H and O–H groups in total. The molecule has 0 amide bonds. The van der Waals surface area contributed by atoms with E-state index in [9.17, 15) is 0 Å². The lowest BCUT2D eigenvalue weighted by atomic mass is 9.94. The lowest BCUT2D eigenvalue weighted by Crippen LogP contribution is -2.20. The van der Waals surface area contributed by atoms with Gasteiger partial charge in [0.15, 0.2) is 0 Å². The maximum atomic E-state index is 8.50. The fraction of sp³-hybridized carbons (Fsp3) is 0.750. The molecule has 0 spiro atoms. The highest BCUT2D eigenvalue weighted by atomic mass is 17.1. The van der Waals surface area contributed by atoms with Crippen LogP contribution in [0.5, 0.6) is 0 Å². The first-order valence-electron chi connectivity index (χ1n) is 3.82.